The van der Waals surface area contributed by atoms with Gasteiger partial charge >= 0.3 is 5.97 Å². The van der Waals surface area contributed by atoms with Crippen LogP contribution in [0.4, 0.5) is 4.39 Å². The molecular weight excluding hydrogens is 285 g/mol. The molecule has 1 aromatic carbocycles. The number of rotatable bonds is 4. The first-order valence-electron chi connectivity index (χ1n) is 7.32. The number of amides is 1. The third-order valence-electron chi connectivity index (χ3n) is 3.98. The van der Waals surface area contributed by atoms with Gasteiger partial charge in [-0.05, 0) is 31.0 Å². The van der Waals surface area contributed by atoms with Crippen molar-refractivity contribution < 1.29 is 19.1 Å². The molecule has 1 amide bonds. The van der Waals surface area contributed by atoms with Crippen LogP contribution in [0.1, 0.15) is 52.8 Å². The van der Waals surface area contributed by atoms with E-state index in [2.05, 4.69) is 5.92 Å². The van der Waals surface area contributed by atoms with Crippen LogP contribution in [-0.4, -0.2) is 34.5 Å². The number of halogens is 1. The SMILES string of the molecule is C#CCN(C(=O)c1ccc(C(=O)O)cc1F)C1CCCCC1. The standard InChI is InChI=1S/C17H18FNO3/c1-2-10-19(13-6-4-3-5-7-13)16(20)14-9-8-12(17(21)22)11-15(14)18/h1,8-9,11,13H,3-7,10H2,(H,21,22). The van der Waals surface area contributed by atoms with E-state index in [1.807, 2.05) is 0 Å². The molecule has 0 saturated heterocycles. The molecule has 22 heavy (non-hydrogen) atoms. The topological polar surface area (TPSA) is 57.6 Å². The largest absolute Gasteiger partial charge is 0.478 e. The first-order chi connectivity index (χ1) is 10.5. The molecule has 5 heteroatoms. The highest BCUT2D eigenvalue weighted by Crippen LogP contribution is 2.24. The number of terminal acetylenes is 1. The van der Waals surface area contributed by atoms with Crippen LogP contribution in [0.5, 0.6) is 0 Å². The highest BCUT2D eigenvalue weighted by atomic mass is 19.1. The average Bonchev–Trinajstić information content (AvgIpc) is 2.52. The maximum absolute atomic E-state index is 14.1. The summed E-state index contributed by atoms with van der Waals surface area (Å²) in [5, 5.41) is 8.85. The van der Waals surface area contributed by atoms with Gasteiger partial charge in [0.15, 0.2) is 0 Å². The summed E-state index contributed by atoms with van der Waals surface area (Å²) in [5.41, 5.74) is -0.318. The molecule has 116 valence electrons. The van der Waals surface area contributed by atoms with Crippen LogP contribution in [0.2, 0.25) is 0 Å². The van der Waals surface area contributed by atoms with Gasteiger partial charge in [-0.1, -0.05) is 25.2 Å². The van der Waals surface area contributed by atoms with Gasteiger partial charge in [0.25, 0.3) is 5.91 Å². The molecule has 0 spiro atoms. The Labute approximate surface area is 128 Å². The number of nitrogens with zero attached hydrogens (tertiary/aromatic N) is 1. The number of benzene rings is 1. The van der Waals surface area contributed by atoms with E-state index in [4.69, 9.17) is 11.5 Å². The number of hydrogen-bond donors (Lipinski definition) is 1. The Balaban J connectivity index is 2.26. The van der Waals surface area contributed by atoms with Crippen LogP contribution < -0.4 is 0 Å². The van der Waals surface area contributed by atoms with E-state index in [9.17, 15) is 14.0 Å². The Morgan fingerprint density at radius 3 is 2.55 bits per heavy atom. The Bertz CT molecular complexity index is 615. The molecule has 0 bridgehead atoms. The Kier molecular flexibility index (Phi) is 5.16. The fraction of sp³-hybridized carbons (Fsp3) is 0.412. The maximum atomic E-state index is 14.1. The molecule has 0 radical (unpaired) electrons. The van der Waals surface area contributed by atoms with Crippen LogP contribution in [0.15, 0.2) is 18.2 Å². The van der Waals surface area contributed by atoms with Crippen LogP contribution >= 0.6 is 0 Å². The highest BCUT2D eigenvalue weighted by molar-refractivity contribution is 5.96. The minimum absolute atomic E-state index is 0.0239. The Morgan fingerprint density at radius 2 is 2.00 bits per heavy atom. The lowest BCUT2D eigenvalue weighted by Gasteiger charge is -2.33. The van der Waals surface area contributed by atoms with Gasteiger partial charge in [-0.2, -0.15) is 0 Å². The van der Waals surface area contributed by atoms with Gasteiger partial charge in [0.05, 0.1) is 17.7 Å². The molecule has 0 heterocycles. The lowest BCUT2D eigenvalue weighted by molar-refractivity contribution is 0.0657. The zero-order valence-electron chi connectivity index (χ0n) is 12.2. The van der Waals surface area contributed by atoms with Crippen molar-refractivity contribution >= 4 is 11.9 Å². The summed E-state index contributed by atoms with van der Waals surface area (Å²) in [4.78, 5) is 24.9. The van der Waals surface area contributed by atoms with Crippen molar-refractivity contribution in [2.45, 2.75) is 38.1 Å². The van der Waals surface area contributed by atoms with Gasteiger partial charge in [0.2, 0.25) is 0 Å². The predicted molar refractivity (Wildman–Crippen MR) is 80.1 cm³/mol. The molecule has 0 atom stereocenters. The van der Waals surface area contributed by atoms with Crippen LogP contribution in [0.3, 0.4) is 0 Å². The lowest BCUT2D eigenvalue weighted by Crippen LogP contribution is -2.42. The Morgan fingerprint density at radius 1 is 1.32 bits per heavy atom. The fourth-order valence-corrected chi connectivity index (χ4v) is 2.83. The third kappa shape index (κ3) is 3.45. The van der Waals surface area contributed by atoms with Crippen LogP contribution in [0.25, 0.3) is 0 Å². The quantitative estimate of drug-likeness (QED) is 0.870. The van der Waals surface area contributed by atoms with E-state index < -0.39 is 17.7 Å². The number of carboxylic acids is 1. The molecule has 1 aliphatic carbocycles. The summed E-state index contributed by atoms with van der Waals surface area (Å²) in [6.45, 7) is 0.129. The van der Waals surface area contributed by atoms with E-state index in [0.29, 0.717) is 0 Å². The van der Waals surface area contributed by atoms with Crippen molar-refractivity contribution in [3.63, 3.8) is 0 Å². The molecule has 0 unspecified atom stereocenters. The molecular formula is C17H18FNO3. The van der Waals surface area contributed by atoms with E-state index >= 15 is 0 Å². The summed E-state index contributed by atoms with van der Waals surface area (Å²) >= 11 is 0. The van der Waals surface area contributed by atoms with Gasteiger partial charge in [0.1, 0.15) is 5.82 Å². The molecule has 1 N–H and O–H groups in total. The van der Waals surface area contributed by atoms with Crippen LogP contribution in [0, 0.1) is 18.2 Å². The first kappa shape index (κ1) is 16.0. The van der Waals surface area contributed by atoms with E-state index in [1.165, 1.54) is 17.0 Å². The van der Waals surface area contributed by atoms with Gasteiger partial charge < -0.3 is 10.0 Å². The minimum atomic E-state index is -1.23. The number of aromatic carboxylic acids is 1. The third-order valence-corrected chi connectivity index (χ3v) is 3.98. The second-order valence-corrected chi connectivity index (χ2v) is 5.43. The van der Waals surface area contributed by atoms with Crippen LogP contribution in [-0.2, 0) is 0 Å². The van der Waals surface area contributed by atoms with Crippen molar-refractivity contribution in [1.82, 2.24) is 4.90 Å². The van der Waals surface area contributed by atoms with Crippen molar-refractivity contribution in [2.24, 2.45) is 0 Å². The summed E-state index contributed by atoms with van der Waals surface area (Å²) in [5.74, 6) is -0.0812. The normalized spacial score (nSPS) is 15.1. The molecule has 2 rings (SSSR count). The van der Waals surface area contributed by atoms with Crippen molar-refractivity contribution in [3.8, 4) is 12.3 Å². The molecule has 1 saturated carbocycles. The zero-order chi connectivity index (χ0) is 16.1. The monoisotopic (exact) mass is 303 g/mol. The summed E-state index contributed by atoms with van der Waals surface area (Å²) in [6, 6.07) is 3.33. The highest BCUT2D eigenvalue weighted by Gasteiger charge is 2.27. The maximum Gasteiger partial charge on any atom is 0.335 e. The smallest absolute Gasteiger partial charge is 0.335 e. The molecule has 1 fully saturated rings. The molecule has 1 aromatic rings. The van der Waals surface area contributed by atoms with Crippen molar-refractivity contribution in [3.05, 3.63) is 35.1 Å². The average molecular weight is 303 g/mol. The first-order valence-corrected chi connectivity index (χ1v) is 7.32. The molecule has 0 aliphatic heterocycles. The predicted octanol–water partition coefficient (Wildman–Crippen LogP) is 2.93. The molecule has 4 nitrogen and oxygen atoms in total. The number of carbonyl (C=O) groups excluding carboxylic acids is 1. The number of carbonyl (C=O) groups is 2. The number of hydrogen-bond acceptors (Lipinski definition) is 2. The van der Waals surface area contributed by atoms with E-state index in [1.54, 1.807) is 0 Å². The summed E-state index contributed by atoms with van der Waals surface area (Å²) in [7, 11) is 0. The van der Waals surface area contributed by atoms with Crippen molar-refractivity contribution in [1.29, 1.82) is 0 Å². The van der Waals surface area contributed by atoms with E-state index in [-0.39, 0.29) is 23.7 Å². The van der Waals surface area contributed by atoms with E-state index in [0.717, 1.165) is 38.2 Å². The van der Waals surface area contributed by atoms with Gasteiger partial charge in [-0.3, -0.25) is 4.79 Å². The minimum Gasteiger partial charge on any atom is -0.478 e. The number of carboxylic acid groups (broad SMARTS) is 1. The Hall–Kier alpha value is -2.35. The van der Waals surface area contributed by atoms with Gasteiger partial charge in [-0.15, -0.1) is 6.42 Å². The summed E-state index contributed by atoms with van der Waals surface area (Å²) in [6.07, 6.45) is 10.3. The zero-order valence-corrected chi connectivity index (χ0v) is 12.2. The second kappa shape index (κ2) is 7.08. The molecule has 0 aromatic heterocycles. The lowest BCUT2D eigenvalue weighted by atomic mass is 9.93. The second-order valence-electron chi connectivity index (χ2n) is 5.43. The van der Waals surface area contributed by atoms with Gasteiger partial charge in [-0.25, -0.2) is 9.18 Å². The summed E-state index contributed by atoms with van der Waals surface area (Å²) < 4.78 is 14.1. The fourth-order valence-electron chi connectivity index (χ4n) is 2.83. The molecule has 1 aliphatic rings. The van der Waals surface area contributed by atoms with Crippen molar-refractivity contribution in [2.75, 3.05) is 6.54 Å². The van der Waals surface area contributed by atoms with Gasteiger partial charge in [0, 0.05) is 6.04 Å².